The van der Waals surface area contributed by atoms with Crippen molar-refractivity contribution in [3.05, 3.63) is 89.5 Å². The largest absolute Gasteiger partial charge is 0.508 e. The first-order valence-electron chi connectivity index (χ1n) is 9.79. The van der Waals surface area contributed by atoms with Gasteiger partial charge < -0.3 is 10.2 Å². The van der Waals surface area contributed by atoms with Crippen molar-refractivity contribution in [2.45, 2.75) is 26.8 Å². The van der Waals surface area contributed by atoms with Crippen LogP contribution in [-0.4, -0.2) is 20.0 Å². The third-order valence-electron chi connectivity index (χ3n) is 5.10. The van der Waals surface area contributed by atoms with E-state index in [1.165, 1.54) is 11.1 Å². The Morgan fingerprint density at radius 3 is 2.03 bits per heavy atom. The summed E-state index contributed by atoms with van der Waals surface area (Å²) >= 11 is 0. The Morgan fingerprint density at radius 2 is 1.45 bits per heavy atom. The molecular weight excluding hydrogens is 360 g/mol. The molecule has 0 unspecified atom stereocenters. The number of hydrogen-bond donors (Lipinski definition) is 2. The van der Waals surface area contributed by atoms with Crippen molar-refractivity contribution in [1.82, 2.24) is 9.78 Å². The fourth-order valence-corrected chi connectivity index (χ4v) is 3.73. The standard InChI is InChI=1S/C25H24N2O2/c1-3-23-24(19-7-11-21(28)12-8-19)26-27(16-18-6-4-5-17(2)15-18)25(23)20-9-13-22(29)14-10-20/h4-15,28-29H,3,16H2,1-2H3. The third kappa shape index (κ3) is 3.87. The first-order valence-corrected chi connectivity index (χ1v) is 9.79. The molecule has 0 radical (unpaired) electrons. The molecule has 2 N–H and O–H groups in total. The monoisotopic (exact) mass is 384 g/mol. The molecule has 0 atom stereocenters. The Bertz CT molecular complexity index is 1130. The molecule has 1 heterocycles. The summed E-state index contributed by atoms with van der Waals surface area (Å²) < 4.78 is 2.04. The van der Waals surface area contributed by atoms with Gasteiger partial charge in [-0.1, -0.05) is 36.8 Å². The summed E-state index contributed by atoms with van der Waals surface area (Å²) in [6, 6.07) is 22.9. The van der Waals surface area contributed by atoms with E-state index < -0.39 is 0 Å². The van der Waals surface area contributed by atoms with Crippen LogP contribution < -0.4 is 0 Å². The molecule has 29 heavy (non-hydrogen) atoms. The minimum atomic E-state index is 0.241. The number of aromatic nitrogens is 2. The van der Waals surface area contributed by atoms with Crippen molar-refractivity contribution < 1.29 is 10.2 Å². The van der Waals surface area contributed by atoms with Crippen molar-refractivity contribution in [2.24, 2.45) is 0 Å². The van der Waals surface area contributed by atoms with Gasteiger partial charge in [-0.3, -0.25) is 4.68 Å². The third-order valence-corrected chi connectivity index (χ3v) is 5.10. The van der Waals surface area contributed by atoms with Gasteiger partial charge in [0.1, 0.15) is 11.5 Å². The predicted octanol–water partition coefficient (Wildman–Crippen LogP) is 5.55. The maximum Gasteiger partial charge on any atom is 0.115 e. The second-order valence-corrected chi connectivity index (χ2v) is 7.27. The highest BCUT2D eigenvalue weighted by atomic mass is 16.3. The first-order chi connectivity index (χ1) is 14.0. The summed E-state index contributed by atoms with van der Waals surface area (Å²) in [7, 11) is 0. The van der Waals surface area contributed by atoms with Gasteiger partial charge in [0.25, 0.3) is 0 Å². The molecule has 1 aromatic heterocycles. The summed E-state index contributed by atoms with van der Waals surface area (Å²) in [5.41, 5.74) is 7.52. The molecule has 0 saturated heterocycles. The van der Waals surface area contributed by atoms with E-state index in [-0.39, 0.29) is 11.5 Å². The Kier molecular flexibility index (Phi) is 5.09. The van der Waals surface area contributed by atoms with Gasteiger partial charge in [-0.05, 0) is 67.4 Å². The maximum absolute atomic E-state index is 9.73. The number of aryl methyl sites for hydroxylation is 1. The van der Waals surface area contributed by atoms with Crippen LogP contribution in [0.3, 0.4) is 0 Å². The Balaban J connectivity index is 1.89. The van der Waals surface area contributed by atoms with Gasteiger partial charge in [0.15, 0.2) is 0 Å². The smallest absolute Gasteiger partial charge is 0.115 e. The normalized spacial score (nSPS) is 11.0. The molecule has 0 fully saturated rings. The summed E-state index contributed by atoms with van der Waals surface area (Å²) in [5, 5.41) is 24.4. The van der Waals surface area contributed by atoms with E-state index in [4.69, 9.17) is 5.10 Å². The minimum Gasteiger partial charge on any atom is -0.508 e. The zero-order chi connectivity index (χ0) is 20.4. The van der Waals surface area contributed by atoms with Crippen LogP contribution in [0.15, 0.2) is 72.8 Å². The molecule has 4 aromatic rings. The predicted molar refractivity (Wildman–Crippen MR) is 116 cm³/mol. The van der Waals surface area contributed by atoms with E-state index >= 15 is 0 Å². The van der Waals surface area contributed by atoms with E-state index in [0.717, 1.165) is 34.5 Å². The lowest BCUT2D eigenvalue weighted by atomic mass is 9.99. The van der Waals surface area contributed by atoms with Crippen LogP contribution in [0, 0.1) is 6.92 Å². The summed E-state index contributed by atoms with van der Waals surface area (Å²) in [5.74, 6) is 0.486. The van der Waals surface area contributed by atoms with E-state index in [1.54, 1.807) is 24.3 Å². The van der Waals surface area contributed by atoms with Crippen molar-refractivity contribution in [3.63, 3.8) is 0 Å². The van der Waals surface area contributed by atoms with Crippen molar-refractivity contribution >= 4 is 0 Å². The van der Waals surface area contributed by atoms with Crippen LogP contribution in [0.5, 0.6) is 11.5 Å². The lowest BCUT2D eigenvalue weighted by molar-refractivity contribution is 0.475. The number of rotatable bonds is 5. The van der Waals surface area contributed by atoms with Gasteiger partial charge in [-0.15, -0.1) is 0 Å². The SMILES string of the molecule is CCc1c(-c2ccc(O)cc2)nn(Cc2cccc(C)c2)c1-c1ccc(O)cc1. The average molecular weight is 384 g/mol. The van der Waals surface area contributed by atoms with Gasteiger partial charge in [0.05, 0.1) is 17.9 Å². The molecule has 3 aromatic carbocycles. The van der Waals surface area contributed by atoms with Gasteiger partial charge in [-0.25, -0.2) is 0 Å². The van der Waals surface area contributed by atoms with Crippen LogP contribution in [-0.2, 0) is 13.0 Å². The van der Waals surface area contributed by atoms with Crippen LogP contribution >= 0.6 is 0 Å². The average Bonchev–Trinajstić information content (AvgIpc) is 3.07. The molecule has 0 bridgehead atoms. The molecular formula is C25H24N2O2. The molecule has 0 aliphatic carbocycles. The highest BCUT2D eigenvalue weighted by Gasteiger charge is 2.19. The molecule has 0 aliphatic rings. The maximum atomic E-state index is 9.73. The van der Waals surface area contributed by atoms with Crippen LogP contribution in [0.1, 0.15) is 23.6 Å². The van der Waals surface area contributed by atoms with Crippen LogP contribution in [0.25, 0.3) is 22.5 Å². The summed E-state index contributed by atoms with van der Waals surface area (Å²) in [6.45, 7) is 4.87. The molecule has 4 rings (SSSR count). The lowest BCUT2D eigenvalue weighted by Gasteiger charge is -2.10. The lowest BCUT2D eigenvalue weighted by Crippen LogP contribution is -2.04. The molecule has 4 nitrogen and oxygen atoms in total. The highest BCUT2D eigenvalue weighted by molar-refractivity contribution is 5.75. The zero-order valence-electron chi connectivity index (χ0n) is 16.6. The number of benzene rings is 3. The molecule has 4 heteroatoms. The Hall–Kier alpha value is -3.53. The number of aromatic hydroxyl groups is 2. The van der Waals surface area contributed by atoms with E-state index in [0.29, 0.717) is 6.54 Å². The minimum absolute atomic E-state index is 0.241. The summed E-state index contributed by atoms with van der Waals surface area (Å²) in [4.78, 5) is 0. The van der Waals surface area contributed by atoms with Gasteiger partial charge in [0, 0.05) is 16.7 Å². The number of nitrogens with zero attached hydrogens (tertiary/aromatic N) is 2. The summed E-state index contributed by atoms with van der Waals surface area (Å²) in [6.07, 6.45) is 0.820. The molecule has 0 saturated carbocycles. The van der Waals surface area contributed by atoms with Crippen molar-refractivity contribution in [3.8, 4) is 34.0 Å². The number of hydrogen-bond acceptors (Lipinski definition) is 3. The number of phenolic OH excluding ortho intramolecular Hbond substituents is 2. The highest BCUT2D eigenvalue weighted by Crippen LogP contribution is 2.34. The van der Waals surface area contributed by atoms with Crippen molar-refractivity contribution in [2.75, 3.05) is 0 Å². The van der Waals surface area contributed by atoms with Gasteiger partial charge >= 0.3 is 0 Å². The second-order valence-electron chi connectivity index (χ2n) is 7.27. The zero-order valence-corrected chi connectivity index (χ0v) is 16.6. The fourth-order valence-electron chi connectivity index (χ4n) is 3.73. The van der Waals surface area contributed by atoms with E-state index in [9.17, 15) is 10.2 Å². The van der Waals surface area contributed by atoms with Crippen molar-refractivity contribution in [1.29, 1.82) is 0 Å². The topological polar surface area (TPSA) is 58.3 Å². The number of phenols is 2. The molecule has 0 aliphatic heterocycles. The molecule has 0 spiro atoms. The quantitative estimate of drug-likeness (QED) is 0.474. The fraction of sp³-hybridized carbons (Fsp3) is 0.160. The van der Waals surface area contributed by atoms with Crippen LogP contribution in [0.4, 0.5) is 0 Å². The first kappa shape index (κ1) is 18.8. The van der Waals surface area contributed by atoms with E-state index in [2.05, 4.69) is 38.1 Å². The van der Waals surface area contributed by atoms with E-state index in [1.807, 2.05) is 28.9 Å². The molecule has 0 amide bonds. The molecule has 146 valence electrons. The Labute approximate surface area is 170 Å². The van der Waals surface area contributed by atoms with Gasteiger partial charge in [-0.2, -0.15) is 5.10 Å². The van der Waals surface area contributed by atoms with Gasteiger partial charge in [0.2, 0.25) is 0 Å². The Morgan fingerprint density at radius 1 is 0.828 bits per heavy atom. The van der Waals surface area contributed by atoms with Crippen LogP contribution in [0.2, 0.25) is 0 Å². The second kappa shape index (κ2) is 7.84.